The van der Waals surface area contributed by atoms with Crippen molar-refractivity contribution in [3.8, 4) is 17.2 Å². The molecule has 0 fully saturated rings. The summed E-state index contributed by atoms with van der Waals surface area (Å²) in [5, 5.41) is 9.74. The minimum Gasteiger partial charge on any atom is -0.383 e. The molecule has 90 valence electrons. The zero-order valence-corrected chi connectivity index (χ0v) is 10.8. The molecule has 0 aliphatic carbocycles. The van der Waals surface area contributed by atoms with Gasteiger partial charge in [0.15, 0.2) is 0 Å². The lowest BCUT2D eigenvalue weighted by atomic mass is 9.99. The van der Waals surface area contributed by atoms with E-state index < -0.39 is 0 Å². The highest BCUT2D eigenvalue weighted by Crippen LogP contribution is 2.33. The molecule has 0 radical (unpaired) electrons. The summed E-state index contributed by atoms with van der Waals surface area (Å²) in [6, 6.07) is 9.10. The fourth-order valence-electron chi connectivity index (χ4n) is 1.74. The maximum absolute atomic E-state index is 8.82. The maximum Gasteiger partial charge on any atom is 0.131 e. The standard InChI is InChI=1S/C13H9Cl2N3/c14-10-2-1-9(7-11(10)15)12-8(3-5-16)4-6-18-13(12)17/h1-2,4,6-7H,3H2,(H2,17,18). The van der Waals surface area contributed by atoms with E-state index in [-0.39, 0.29) is 6.42 Å². The first-order valence-electron chi connectivity index (χ1n) is 5.19. The highest BCUT2D eigenvalue weighted by molar-refractivity contribution is 6.42. The Kier molecular flexibility index (Phi) is 3.71. The van der Waals surface area contributed by atoms with E-state index in [1.807, 2.05) is 6.07 Å². The van der Waals surface area contributed by atoms with E-state index >= 15 is 0 Å². The number of hydrogen-bond donors (Lipinski definition) is 1. The molecule has 0 atom stereocenters. The predicted molar refractivity (Wildman–Crippen MR) is 73.4 cm³/mol. The molecule has 0 aliphatic rings. The molecule has 0 saturated heterocycles. The van der Waals surface area contributed by atoms with E-state index in [4.69, 9.17) is 34.2 Å². The van der Waals surface area contributed by atoms with Gasteiger partial charge in [-0.05, 0) is 29.3 Å². The summed E-state index contributed by atoms with van der Waals surface area (Å²) in [7, 11) is 0. The van der Waals surface area contributed by atoms with E-state index in [9.17, 15) is 0 Å². The van der Waals surface area contributed by atoms with Crippen molar-refractivity contribution in [2.75, 3.05) is 5.73 Å². The molecule has 1 aromatic carbocycles. The Bertz CT molecular complexity index is 633. The number of nitriles is 1. The fraction of sp³-hybridized carbons (Fsp3) is 0.0769. The van der Waals surface area contributed by atoms with Gasteiger partial charge < -0.3 is 5.73 Å². The molecular weight excluding hydrogens is 269 g/mol. The smallest absolute Gasteiger partial charge is 0.131 e. The summed E-state index contributed by atoms with van der Waals surface area (Å²) in [6.07, 6.45) is 1.85. The Labute approximate surface area is 115 Å². The average Bonchev–Trinajstić information content (AvgIpc) is 2.34. The SMILES string of the molecule is N#CCc1ccnc(N)c1-c1ccc(Cl)c(Cl)c1. The molecule has 18 heavy (non-hydrogen) atoms. The van der Waals surface area contributed by atoms with Gasteiger partial charge in [-0.2, -0.15) is 5.26 Å². The van der Waals surface area contributed by atoms with Gasteiger partial charge >= 0.3 is 0 Å². The molecule has 0 saturated carbocycles. The molecular formula is C13H9Cl2N3. The van der Waals surface area contributed by atoms with Crippen LogP contribution in [0.15, 0.2) is 30.5 Å². The number of anilines is 1. The van der Waals surface area contributed by atoms with Crippen LogP contribution in [-0.4, -0.2) is 4.98 Å². The molecule has 2 N–H and O–H groups in total. The lowest BCUT2D eigenvalue weighted by Crippen LogP contribution is -1.98. The van der Waals surface area contributed by atoms with Gasteiger partial charge in [0, 0.05) is 11.8 Å². The van der Waals surface area contributed by atoms with Crippen molar-refractivity contribution < 1.29 is 0 Å². The molecule has 0 aliphatic heterocycles. The van der Waals surface area contributed by atoms with E-state index in [2.05, 4.69) is 11.1 Å². The molecule has 2 aromatic rings. The Hall–Kier alpha value is -1.76. The zero-order chi connectivity index (χ0) is 13.1. The largest absolute Gasteiger partial charge is 0.383 e. The van der Waals surface area contributed by atoms with Crippen LogP contribution in [0.3, 0.4) is 0 Å². The highest BCUT2D eigenvalue weighted by atomic mass is 35.5. The van der Waals surface area contributed by atoms with Gasteiger partial charge in [-0.15, -0.1) is 0 Å². The van der Waals surface area contributed by atoms with Crippen molar-refractivity contribution in [3.05, 3.63) is 46.1 Å². The molecule has 3 nitrogen and oxygen atoms in total. The number of pyridine rings is 1. The number of hydrogen-bond acceptors (Lipinski definition) is 3. The van der Waals surface area contributed by atoms with Crippen LogP contribution in [0.2, 0.25) is 10.0 Å². The van der Waals surface area contributed by atoms with Gasteiger partial charge in [0.1, 0.15) is 5.82 Å². The normalized spacial score (nSPS) is 10.1. The van der Waals surface area contributed by atoms with E-state index in [0.29, 0.717) is 15.9 Å². The van der Waals surface area contributed by atoms with Gasteiger partial charge in [-0.1, -0.05) is 29.3 Å². The van der Waals surface area contributed by atoms with Crippen LogP contribution >= 0.6 is 23.2 Å². The van der Waals surface area contributed by atoms with Crippen LogP contribution in [0.25, 0.3) is 11.1 Å². The molecule has 5 heteroatoms. The molecule has 0 spiro atoms. The number of benzene rings is 1. The second-order valence-corrected chi connectivity index (χ2v) is 4.51. The van der Waals surface area contributed by atoms with Crippen LogP contribution < -0.4 is 5.73 Å². The quantitative estimate of drug-likeness (QED) is 0.910. The predicted octanol–water partition coefficient (Wildman–Crippen LogP) is 3.70. The minimum atomic E-state index is 0.266. The number of nitrogen functional groups attached to an aromatic ring is 1. The number of nitrogens with two attached hydrogens (primary N) is 1. The second-order valence-electron chi connectivity index (χ2n) is 3.69. The third-order valence-corrected chi connectivity index (χ3v) is 3.28. The van der Waals surface area contributed by atoms with Crippen LogP contribution in [-0.2, 0) is 6.42 Å². The van der Waals surface area contributed by atoms with E-state index in [1.165, 1.54) is 0 Å². The Balaban J connectivity index is 2.62. The van der Waals surface area contributed by atoms with Crippen molar-refractivity contribution >= 4 is 29.0 Å². The van der Waals surface area contributed by atoms with Gasteiger partial charge in [0.05, 0.1) is 22.5 Å². The van der Waals surface area contributed by atoms with Gasteiger partial charge in [0.2, 0.25) is 0 Å². The molecule has 1 aromatic heterocycles. The maximum atomic E-state index is 8.82. The number of rotatable bonds is 2. The first-order valence-corrected chi connectivity index (χ1v) is 5.95. The summed E-state index contributed by atoms with van der Waals surface area (Å²) in [4.78, 5) is 4.04. The van der Waals surface area contributed by atoms with Crippen molar-refractivity contribution in [3.63, 3.8) is 0 Å². The first kappa shape index (κ1) is 12.7. The Morgan fingerprint density at radius 1 is 1.22 bits per heavy atom. The minimum absolute atomic E-state index is 0.266. The Morgan fingerprint density at radius 2 is 2.00 bits per heavy atom. The van der Waals surface area contributed by atoms with Crippen molar-refractivity contribution in [2.24, 2.45) is 0 Å². The van der Waals surface area contributed by atoms with Crippen molar-refractivity contribution in [2.45, 2.75) is 6.42 Å². The number of nitrogens with zero attached hydrogens (tertiary/aromatic N) is 2. The van der Waals surface area contributed by atoms with Crippen LogP contribution in [0, 0.1) is 11.3 Å². The zero-order valence-electron chi connectivity index (χ0n) is 9.32. The molecule has 0 bridgehead atoms. The average molecular weight is 278 g/mol. The van der Waals surface area contributed by atoms with Crippen molar-refractivity contribution in [1.82, 2.24) is 4.98 Å². The van der Waals surface area contributed by atoms with Gasteiger partial charge in [-0.3, -0.25) is 0 Å². The summed E-state index contributed by atoms with van der Waals surface area (Å²) in [5.41, 5.74) is 8.24. The third-order valence-electron chi connectivity index (χ3n) is 2.54. The lowest BCUT2D eigenvalue weighted by molar-refractivity contribution is 1.22. The van der Waals surface area contributed by atoms with E-state index in [0.717, 1.165) is 16.7 Å². The fourth-order valence-corrected chi connectivity index (χ4v) is 2.04. The molecule has 1 heterocycles. The summed E-state index contributed by atoms with van der Waals surface area (Å²) in [6.45, 7) is 0. The summed E-state index contributed by atoms with van der Waals surface area (Å²) in [5.74, 6) is 0.376. The van der Waals surface area contributed by atoms with Gasteiger partial charge in [-0.25, -0.2) is 4.98 Å². The Morgan fingerprint density at radius 3 is 2.67 bits per heavy atom. The van der Waals surface area contributed by atoms with Crippen molar-refractivity contribution in [1.29, 1.82) is 5.26 Å². The molecule has 0 amide bonds. The van der Waals surface area contributed by atoms with Crippen LogP contribution in [0.5, 0.6) is 0 Å². The monoisotopic (exact) mass is 277 g/mol. The van der Waals surface area contributed by atoms with Crippen LogP contribution in [0.1, 0.15) is 5.56 Å². The second kappa shape index (κ2) is 5.26. The third kappa shape index (κ3) is 2.40. The lowest BCUT2D eigenvalue weighted by Gasteiger charge is -2.10. The topological polar surface area (TPSA) is 62.7 Å². The summed E-state index contributed by atoms with van der Waals surface area (Å²) >= 11 is 11.9. The highest BCUT2D eigenvalue weighted by Gasteiger charge is 2.11. The van der Waals surface area contributed by atoms with Crippen LogP contribution in [0.4, 0.5) is 5.82 Å². The number of halogens is 2. The molecule has 2 rings (SSSR count). The molecule has 0 unspecified atom stereocenters. The first-order chi connectivity index (χ1) is 8.63. The number of aromatic nitrogens is 1. The van der Waals surface area contributed by atoms with Gasteiger partial charge in [0.25, 0.3) is 0 Å². The van der Waals surface area contributed by atoms with E-state index in [1.54, 1.807) is 24.4 Å². The summed E-state index contributed by atoms with van der Waals surface area (Å²) < 4.78 is 0.